The van der Waals surface area contributed by atoms with E-state index in [-0.39, 0.29) is 25.2 Å². The number of nitrogens with zero attached hydrogens (tertiary/aromatic N) is 4. The van der Waals surface area contributed by atoms with Gasteiger partial charge in [-0.25, -0.2) is 0 Å². The number of pyridine rings is 1. The summed E-state index contributed by atoms with van der Waals surface area (Å²) in [4.78, 5) is 49.9. The Morgan fingerprint density at radius 2 is 2.00 bits per heavy atom. The van der Waals surface area contributed by atoms with Crippen molar-refractivity contribution in [1.82, 2.24) is 14.8 Å². The summed E-state index contributed by atoms with van der Waals surface area (Å²) in [6.07, 6.45) is 5.47. The van der Waals surface area contributed by atoms with Gasteiger partial charge in [-0.05, 0) is 54.3 Å². The summed E-state index contributed by atoms with van der Waals surface area (Å²) in [5.74, 6) is -0.979. The molecule has 11 nitrogen and oxygen atoms in total. The maximum Gasteiger partial charge on any atom is 0.308 e. The van der Waals surface area contributed by atoms with Gasteiger partial charge < -0.3 is 29.1 Å². The fourth-order valence-corrected chi connectivity index (χ4v) is 6.82. The Labute approximate surface area is 262 Å². The van der Waals surface area contributed by atoms with Crippen LogP contribution in [0, 0.1) is 5.92 Å². The van der Waals surface area contributed by atoms with Gasteiger partial charge in [0.05, 0.1) is 31.5 Å². The Morgan fingerprint density at radius 1 is 1.16 bits per heavy atom. The first-order chi connectivity index (χ1) is 21.9. The number of carboxylic acid groups (broad SMARTS) is 1. The second-order valence-electron chi connectivity index (χ2n) is 11.7. The van der Waals surface area contributed by atoms with Gasteiger partial charge in [0, 0.05) is 49.9 Å². The topological polar surface area (TPSA) is 122 Å². The molecule has 3 aliphatic rings. The highest BCUT2D eigenvalue weighted by Gasteiger charge is 2.48. The molecule has 1 fully saturated rings. The van der Waals surface area contributed by atoms with Crippen LogP contribution in [-0.4, -0.2) is 83.8 Å². The van der Waals surface area contributed by atoms with E-state index in [1.807, 2.05) is 41.3 Å². The molecule has 1 aromatic heterocycles. The Bertz CT molecular complexity index is 1570. The van der Waals surface area contributed by atoms with Gasteiger partial charge in [-0.15, -0.1) is 0 Å². The summed E-state index contributed by atoms with van der Waals surface area (Å²) in [7, 11) is 1.53. The number of aliphatic carboxylic acids is 1. The Kier molecular flexibility index (Phi) is 8.88. The Balaban J connectivity index is 1.30. The normalized spacial score (nSPS) is 20.4. The minimum atomic E-state index is -0.956. The van der Waals surface area contributed by atoms with E-state index >= 15 is 0 Å². The van der Waals surface area contributed by atoms with Crippen molar-refractivity contribution in [1.29, 1.82) is 0 Å². The van der Waals surface area contributed by atoms with Gasteiger partial charge >= 0.3 is 5.97 Å². The second-order valence-corrected chi connectivity index (χ2v) is 11.7. The molecule has 3 aromatic rings. The van der Waals surface area contributed by atoms with E-state index in [0.29, 0.717) is 61.1 Å². The standard InChI is InChI=1S/C34H38N4O7/c1-3-4-13-38(24-9-7-12-35-17-24)30(39)20-37-19-26(23-15-28(43-2)32-29(16-23)44-21-45-32)31(34(41)42)27(37)11-14-36-18-22-8-5-6-10-25(22)33(36)40/h5-10,12,15-17,26-27,31H,3-4,11,13-14,18-21H2,1-2H3,(H,41,42). The summed E-state index contributed by atoms with van der Waals surface area (Å²) >= 11 is 0. The first-order valence-corrected chi connectivity index (χ1v) is 15.4. The number of aromatic nitrogens is 1. The van der Waals surface area contributed by atoms with E-state index < -0.39 is 23.8 Å². The van der Waals surface area contributed by atoms with Gasteiger partial charge in [0.25, 0.3) is 5.91 Å². The molecule has 1 saturated heterocycles. The number of anilines is 1. The molecule has 4 heterocycles. The first-order valence-electron chi connectivity index (χ1n) is 15.4. The van der Waals surface area contributed by atoms with E-state index in [1.54, 1.807) is 34.3 Å². The highest BCUT2D eigenvalue weighted by molar-refractivity contribution is 5.98. The Hall–Kier alpha value is -4.64. The smallest absolute Gasteiger partial charge is 0.308 e. The molecular weight excluding hydrogens is 576 g/mol. The van der Waals surface area contributed by atoms with Crippen molar-refractivity contribution in [3.8, 4) is 17.2 Å². The van der Waals surface area contributed by atoms with E-state index in [0.717, 1.165) is 24.0 Å². The number of hydrogen-bond acceptors (Lipinski definition) is 8. The van der Waals surface area contributed by atoms with Crippen LogP contribution in [0.1, 0.15) is 53.6 Å². The van der Waals surface area contributed by atoms with Crippen molar-refractivity contribution in [3.05, 3.63) is 77.6 Å². The van der Waals surface area contributed by atoms with Gasteiger partial charge in [-0.1, -0.05) is 31.5 Å². The molecule has 3 atom stereocenters. The van der Waals surface area contributed by atoms with Crippen LogP contribution >= 0.6 is 0 Å². The average Bonchev–Trinajstić information content (AvgIpc) is 3.76. The number of rotatable bonds is 12. The van der Waals surface area contributed by atoms with Gasteiger partial charge in [0.1, 0.15) is 0 Å². The van der Waals surface area contributed by atoms with Crippen LogP contribution in [0.25, 0.3) is 0 Å². The lowest BCUT2D eigenvalue weighted by Gasteiger charge is -2.30. The van der Waals surface area contributed by atoms with Crippen molar-refractivity contribution in [3.63, 3.8) is 0 Å². The lowest BCUT2D eigenvalue weighted by molar-refractivity contribution is -0.143. The molecule has 11 heteroatoms. The molecule has 3 unspecified atom stereocenters. The first kappa shape index (κ1) is 30.4. The van der Waals surface area contributed by atoms with Crippen LogP contribution in [0.5, 0.6) is 17.2 Å². The molecule has 0 radical (unpaired) electrons. The average molecular weight is 615 g/mol. The zero-order valence-corrected chi connectivity index (χ0v) is 25.6. The molecule has 0 saturated carbocycles. The van der Waals surface area contributed by atoms with E-state index in [4.69, 9.17) is 14.2 Å². The quantitative estimate of drug-likeness (QED) is 0.320. The number of amides is 2. The van der Waals surface area contributed by atoms with Crippen molar-refractivity contribution in [2.75, 3.05) is 45.0 Å². The zero-order valence-electron chi connectivity index (χ0n) is 25.6. The number of likely N-dealkylation sites (tertiary alicyclic amines) is 1. The van der Waals surface area contributed by atoms with Crippen LogP contribution in [0.15, 0.2) is 60.9 Å². The van der Waals surface area contributed by atoms with E-state index in [2.05, 4.69) is 11.9 Å². The minimum absolute atomic E-state index is 0.0272. The fraction of sp³-hybridized carbons (Fsp3) is 0.412. The number of carbonyl (C=O) groups is 3. The molecule has 2 aromatic carbocycles. The van der Waals surface area contributed by atoms with Crippen molar-refractivity contribution in [2.24, 2.45) is 5.92 Å². The van der Waals surface area contributed by atoms with Gasteiger partial charge in [0.2, 0.25) is 18.4 Å². The van der Waals surface area contributed by atoms with E-state index in [9.17, 15) is 19.5 Å². The molecule has 45 heavy (non-hydrogen) atoms. The van der Waals surface area contributed by atoms with Gasteiger partial charge in [-0.2, -0.15) is 0 Å². The lowest BCUT2D eigenvalue weighted by atomic mass is 9.84. The number of ether oxygens (including phenoxy) is 3. The van der Waals surface area contributed by atoms with Gasteiger partial charge in [-0.3, -0.25) is 24.3 Å². The second kappa shape index (κ2) is 13.2. The van der Waals surface area contributed by atoms with Crippen molar-refractivity contribution < 1.29 is 33.7 Å². The number of carboxylic acids is 1. The third-order valence-corrected chi connectivity index (χ3v) is 9.07. The molecule has 0 spiro atoms. The van der Waals surface area contributed by atoms with Crippen LogP contribution < -0.4 is 19.1 Å². The predicted molar refractivity (Wildman–Crippen MR) is 166 cm³/mol. The third-order valence-electron chi connectivity index (χ3n) is 9.07. The lowest BCUT2D eigenvalue weighted by Crippen LogP contribution is -2.45. The van der Waals surface area contributed by atoms with Crippen LogP contribution in [0.3, 0.4) is 0 Å². The van der Waals surface area contributed by atoms with E-state index in [1.165, 1.54) is 7.11 Å². The highest BCUT2D eigenvalue weighted by Crippen LogP contribution is 2.47. The number of benzene rings is 2. The summed E-state index contributed by atoms with van der Waals surface area (Å²) < 4.78 is 16.8. The molecule has 2 amide bonds. The number of hydrogen-bond donors (Lipinski definition) is 1. The summed E-state index contributed by atoms with van der Waals surface area (Å²) in [6, 6.07) is 14.3. The fourth-order valence-electron chi connectivity index (χ4n) is 6.82. The number of unbranched alkanes of at least 4 members (excludes halogenated alkanes) is 1. The minimum Gasteiger partial charge on any atom is -0.493 e. The van der Waals surface area contributed by atoms with Crippen LogP contribution in [0.2, 0.25) is 0 Å². The molecule has 0 bridgehead atoms. The summed E-state index contributed by atoms with van der Waals surface area (Å²) in [5, 5.41) is 10.7. The highest BCUT2D eigenvalue weighted by atomic mass is 16.7. The maximum absolute atomic E-state index is 14.0. The summed E-state index contributed by atoms with van der Waals surface area (Å²) in [5.41, 5.74) is 3.09. The predicted octanol–water partition coefficient (Wildman–Crippen LogP) is 4.17. The monoisotopic (exact) mass is 614 g/mol. The van der Waals surface area contributed by atoms with Crippen LogP contribution in [-0.2, 0) is 16.1 Å². The van der Waals surface area contributed by atoms with Crippen LogP contribution in [0.4, 0.5) is 5.69 Å². The zero-order chi connectivity index (χ0) is 31.5. The van der Waals surface area contributed by atoms with Crippen molar-refractivity contribution in [2.45, 2.75) is 44.7 Å². The molecule has 0 aliphatic carbocycles. The molecule has 3 aliphatic heterocycles. The molecule has 1 N–H and O–H groups in total. The number of fused-ring (bicyclic) bond motifs is 2. The summed E-state index contributed by atoms with van der Waals surface area (Å²) in [6.45, 7) is 3.87. The Morgan fingerprint density at radius 3 is 2.73 bits per heavy atom. The molecular formula is C34H38N4O7. The largest absolute Gasteiger partial charge is 0.493 e. The molecule has 236 valence electrons. The number of carbonyl (C=O) groups excluding carboxylic acids is 2. The number of methoxy groups -OCH3 is 1. The maximum atomic E-state index is 14.0. The van der Waals surface area contributed by atoms with Gasteiger partial charge in [0.15, 0.2) is 11.5 Å². The van der Waals surface area contributed by atoms with Crippen molar-refractivity contribution >= 4 is 23.5 Å². The third kappa shape index (κ3) is 6.04. The SMILES string of the molecule is CCCCN(C(=O)CN1CC(c2cc(OC)c3c(c2)OCO3)C(C(=O)O)C1CCN1Cc2ccccc2C1=O)c1cccnc1. The molecule has 6 rings (SSSR count).